The summed E-state index contributed by atoms with van der Waals surface area (Å²) in [5.74, 6) is 0.884. The van der Waals surface area contributed by atoms with E-state index >= 15 is 0 Å². The van der Waals surface area contributed by atoms with E-state index in [1.165, 1.54) is 5.56 Å². The summed E-state index contributed by atoms with van der Waals surface area (Å²) >= 11 is 0. The third-order valence-corrected chi connectivity index (χ3v) is 3.22. The number of nitrogens with zero attached hydrogens (tertiary/aromatic N) is 1. The molecule has 1 aromatic carbocycles. The highest BCUT2D eigenvalue weighted by Crippen LogP contribution is 2.11. The van der Waals surface area contributed by atoms with Gasteiger partial charge >= 0.3 is 0 Å². The molecule has 2 aromatic rings. The highest BCUT2D eigenvalue weighted by atomic mass is 16.5. The van der Waals surface area contributed by atoms with Crippen molar-refractivity contribution in [3.8, 4) is 0 Å². The Bertz CT molecular complexity index is 525. The molecule has 0 saturated carbocycles. The highest BCUT2D eigenvalue weighted by molar-refractivity contribution is 5.14. The van der Waals surface area contributed by atoms with Gasteiger partial charge in [0.25, 0.3) is 0 Å². The molecule has 1 atom stereocenters. The van der Waals surface area contributed by atoms with Gasteiger partial charge < -0.3 is 14.3 Å². The van der Waals surface area contributed by atoms with Gasteiger partial charge in [-0.1, -0.05) is 36.4 Å². The topological polar surface area (TPSA) is 45.8 Å². The van der Waals surface area contributed by atoms with Crippen LogP contribution in [0.3, 0.4) is 0 Å². The van der Waals surface area contributed by atoms with Crippen LogP contribution in [0.1, 0.15) is 11.3 Å². The summed E-state index contributed by atoms with van der Waals surface area (Å²) in [7, 11) is 0. The average Bonchev–Trinajstić information content (AvgIpc) is 3.01. The van der Waals surface area contributed by atoms with Crippen molar-refractivity contribution in [3.63, 3.8) is 0 Å². The maximum Gasteiger partial charge on any atom is 0.117 e. The summed E-state index contributed by atoms with van der Waals surface area (Å²) in [6, 6.07) is 14.0. The molecule has 2 rings (SSSR count). The van der Waals surface area contributed by atoms with Gasteiger partial charge in [0.05, 0.1) is 32.1 Å². The molecule has 22 heavy (non-hydrogen) atoms. The molecule has 4 nitrogen and oxygen atoms in total. The number of hydrogen-bond acceptors (Lipinski definition) is 4. The van der Waals surface area contributed by atoms with Crippen LogP contribution in [0.5, 0.6) is 0 Å². The Hall–Kier alpha value is -1.88. The molecule has 118 valence electrons. The number of furan rings is 1. The van der Waals surface area contributed by atoms with E-state index in [4.69, 9.17) is 9.15 Å². The zero-order valence-corrected chi connectivity index (χ0v) is 12.7. The molecule has 0 spiro atoms. The fourth-order valence-corrected chi connectivity index (χ4v) is 2.29. The monoisotopic (exact) mass is 301 g/mol. The minimum atomic E-state index is -0.543. The lowest BCUT2D eigenvalue weighted by Crippen LogP contribution is -2.34. The first-order valence-corrected chi connectivity index (χ1v) is 7.43. The number of benzene rings is 1. The Morgan fingerprint density at radius 1 is 1.18 bits per heavy atom. The van der Waals surface area contributed by atoms with Gasteiger partial charge in [0.1, 0.15) is 5.76 Å². The van der Waals surface area contributed by atoms with Crippen LogP contribution in [0, 0.1) is 0 Å². The summed E-state index contributed by atoms with van der Waals surface area (Å²) in [6.07, 6.45) is 2.80. The van der Waals surface area contributed by atoms with Crippen molar-refractivity contribution in [2.75, 3.05) is 19.8 Å². The van der Waals surface area contributed by atoms with E-state index in [1.807, 2.05) is 30.3 Å². The first-order valence-electron chi connectivity index (χ1n) is 7.43. The quantitative estimate of drug-likeness (QED) is 0.541. The Balaban J connectivity index is 1.93. The molecule has 1 aromatic heterocycles. The van der Waals surface area contributed by atoms with Crippen molar-refractivity contribution in [1.82, 2.24) is 4.90 Å². The van der Waals surface area contributed by atoms with E-state index in [0.29, 0.717) is 26.3 Å². The van der Waals surface area contributed by atoms with Crippen molar-refractivity contribution in [1.29, 1.82) is 0 Å². The molecule has 0 saturated heterocycles. The average molecular weight is 301 g/mol. The van der Waals surface area contributed by atoms with Crippen LogP contribution in [-0.4, -0.2) is 35.9 Å². The van der Waals surface area contributed by atoms with Crippen LogP contribution in [0.2, 0.25) is 0 Å². The zero-order valence-electron chi connectivity index (χ0n) is 12.7. The number of ether oxygens (including phenoxy) is 1. The SMILES string of the molecule is C=CCOC[C@H](O)CN(Cc1ccccc1)Cc1ccco1. The Kier molecular flexibility index (Phi) is 6.90. The Labute approximate surface area is 131 Å². The van der Waals surface area contributed by atoms with Gasteiger partial charge in [-0.3, -0.25) is 4.90 Å². The lowest BCUT2D eigenvalue weighted by Gasteiger charge is -2.24. The van der Waals surface area contributed by atoms with Crippen LogP contribution in [0.25, 0.3) is 0 Å². The fraction of sp³-hybridized carbons (Fsp3) is 0.333. The number of hydrogen-bond donors (Lipinski definition) is 1. The van der Waals surface area contributed by atoms with Gasteiger partial charge in [-0.15, -0.1) is 6.58 Å². The molecule has 0 amide bonds. The molecular formula is C18H23NO3. The van der Waals surface area contributed by atoms with E-state index in [2.05, 4.69) is 23.6 Å². The molecule has 4 heteroatoms. The molecule has 0 aliphatic heterocycles. The predicted octanol–water partition coefficient (Wildman–Crippen LogP) is 2.85. The number of aliphatic hydroxyl groups is 1. The van der Waals surface area contributed by atoms with Crippen LogP contribution in [-0.2, 0) is 17.8 Å². The fourth-order valence-electron chi connectivity index (χ4n) is 2.29. The molecule has 1 heterocycles. The van der Waals surface area contributed by atoms with Crippen molar-refractivity contribution >= 4 is 0 Å². The van der Waals surface area contributed by atoms with Crippen LogP contribution in [0.4, 0.5) is 0 Å². The lowest BCUT2D eigenvalue weighted by atomic mass is 10.2. The second-order valence-electron chi connectivity index (χ2n) is 5.21. The minimum Gasteiger partial charge on any atom is -0.468 e. The molecule has 1 N–H and O–H groups in total. The van der Waals surface area contributed by atoms with Gasteiger partial charge in [0.2, 0.25) is 0 Å². The minimum absolute atomic E-state index is 0.301. The van der Waals surface area contributed by atoms with Gasteiger partial charge in [-0.25, -0.2) is 0 Å². The van der Waals surface area contributed by atoms with Gasteiger partial charge in [-0.2, -0.15) is 0 Å². The highest BCUT2D eigenvalue weighted by Gasteiger charge is 2.14. The second-order valence-corrected chi connectivity index (χ2v) is 5.21. The molecule has 0 aliphatic carbocycles. The predicted molar refractivity (Wildman–Crippen MR) is 86.3 cm³/mol. The lowest BCUT2D eigenvalue weighted by molar-refractivity contribution is 0.0216. The number of aliphatic hydroxyl groups excluding tert-OH is 1. The van der Waals surface area contributed by atoms with Crippen LogP contribution in [0.15, 0.2) is 65.8 Å². The second kappa shape index (κ2) is 9.20. The van der Waals surface area contributed by atoms with E-state index < -0.39 is 6.10 Å². The molecule has 0 unspecified atom stereocenters. The summed E-state index contributed by atoms with van der Waals surface area (Å²) in [5.41, 5.74) is 1.20. The van der Waals surface area contributed by atoms with E-state index in [9.17, 15) is 5.11 Å². The van der Waals surface area contributed by atoms with Crippen molar-refractivity contribution in [2.45, 2.75) is 19.2 Å². The van der Waals surface area contributed by atoms with Crippen molar-refractivity contribution in [2.24, 2.45) is 0 Å². The normalized spacial score (nSPS) is 12.5. The Morgan fingerprint density at radius 3 is 2.68 bits per heavy atom. The van der Waals surface area contributed by atoms with Gasteiger partial charge in [-0.05, 0) is 17.7 Å². The maximum atomic E-state index is 10.1. The van der Waals surface area contributed by atoms with Gasteiger partial charge in [0.15, 0.2) is 0 Å². The van der Waals surface area contributed by atoms with E-state index in [-0.39, 0.29) is 0 Å². The van der Waals surface area contributed by atoms with Crippen LogP contribution < -0.4 is 0 Å². The molecule has 0 aliphatic rings. The summed E-state index contributed by atoms with van der Waals surface area (Å²) in [5, 5.41) is 10.1. The summed E-state index contributed by atoms with van der Waals surface area (Å²) in [4.78, 5) is 2.15. The molecule has 0 fully saturated rings. The zero-order chi connectivity index (χ0) is 15.6. The van der Waals surface area contributed by atoms with Crippen molar-refractivity contribution in [3.05, 3.63) is 72.7 Å². The largest absolute Gasteiger partial charge is 0.468 e. The first kappa shape index (κ1) is 16.5. The first-order chi connectivity index (χ1) is 10.8. The third-order valence-electron chi connectivity index (χ3n) is 3.22. The molecule has 0 radical (unpaired) electrons. The summed E-state index contributed by atoms with van der Waals surface area (Å²) < 4.78 is 10.7. The van der Waals surface area contributed by atoms with E-state index in [0.717, 1.165) is 12.3 Å². The third kappa shape index (κ3) is 5.85. The smallest absolute Gasteiger partial charge is 0.117 e. The maximum absolute atomic E-state index is 10.1. The van der Waals surface area contributed by atoms with E-state index in [1.54, 1.807) is 12.3 Å². The van der Waals surface area contributed by atoms with Crippen LogP contribution >= 0.6 is 0 Å². The molecule has 0 bridgehead atoms. The summed E-state index contributed by atoms with van der Waals surface area (Å²) in [6.45, 7) is 6.27. The Morgan fingerprint density at radius 2 is 2.00 bits per heavy atom. The number of rotatable bonds is 10. The van der Waals surface area contributed by atoms with Crippen molar-refractivity contribution < 1.29 is 14.3 Å². The standard InChI is InChI=1S/C18H23NO3/c1-2-10-21-15-17(20)13-19(14-18-9-6-11-22-18)12-16-7-4-3-5-8-16/h2-9,11,17,20H,1,10,12-15H2/t17-/m1/s1. The molecular weight excluding hydrogens is 278 g/mol. The van der Waals surface area contributed by atoms with Gasteiger partial charge in [0, 0.05) is 13.1 Å².